The van der Waals surface area contributed by atoms with Crippen LogP contribution in [0.4, 0.5) is 0 Å². The second kappa shape index (κ2) is 6.01. The zero-order chi connectivity index (χ0) is 16.7. The minimum absolute atomic E-state index is 0.0515. The Morgan fingerprint density at radius 2 is 2.29 bits per heavy atom. The van der Waals surface area contributed by atoms with E-state index in [-0.39, 0.29) is 23.8 Å². The number of hydrogen-bond donors (Lipinski definition) is 1. The van der Waals surface area contributed by atoms with Gasteiger partial charge in [0.2, 0.25) is 5.91 Å². The molecule has 1 aliphatic carbocycles. The molecule has 0 unspecified atom stereocenters. The molecule has 1 saturated carbocycles. The topological polar surface area (TPSA) is 80.1 Å². The molecule has 2 aliphatic rings. The van der Waals surface area contributed by atoms with Crippen LogP contribution in [0, 0.1) is 11.8 Å². The second-order valence-electron chi connectivity index (χ2n) is 6.54. The van der Waals surface area contributed by atoms with Gasteiger partial charge in [-0.15, -0.1) is 11.3 Å². The van der Waals surface area contributed by atoms with Crippen molar-refractivity contribution in [2.75, 3.05) is 13.1 Å². The molecule has 0 bridgehead atoms. The predicted octanol–water partition coefficient (Wildman–Crippen LogP) is 1.31. The van der Waals surface area contributed by atoms with Crippen LogP contribution in [0.1, 0.15) is 35.6 Å². The third-order valence-corrected chi connectivity index (χ3v) is 5.37. The maximum Gasteiger partial charge on any atom is 0.270 e. The summed E-state index contributed by atoms with van der Waals surface area (Å²) < 4.78 is 1.92. The van der Waals surface area contributed by atoms with Crippen molar-refractivity contribution in [1.29, 1.82) is 0 Å². The average molecular weight is 345 g/mol. The number of fused-ring (bicyclic) bond motifs is 1. The number of hydrogen-bond acceptors (Lipinski definition) is 5. The van der Waals surface area contributed by atoms with Crippen LogP contribution in [0.5, 0.6) is 0 Å². The van der Waals surface area contributed by atoms with Gasteiger partial charge >= 0.3 is 0 Å². The number of carbonyl (C=O) groups is 2. The fraction of sp³-hybridized carbons (Fsp3) is 0.500. The standard InChI is InChI=1S/C16H19N5O2S/c1-10-4-13(10)16(23)20-6-11-2-3-19-21(11)12(7-20)5-17-15(22)14-8-24-9-18-14/h2-3,8-10,12-13H,4-7H2,1H3,(H,17,22)/t10-,12-,13-/m1/s1. The van der Waals surface area contributed by atoms with Crippen molar-refractivity contribution < 1.29 is 9.59 Å². The molecular weight excluding hydrogens is 326 g/mol. The molecular formula is C16H19N5O2S. The van der Waals surface area contributed by atoms with E-state index in [4.69, 9.17) is 0 Å². The summed E-state index contributed by atoms with van der Waals surface area (Å²) in [5.74, 6) is 0.701. The first-order valence-electron chi connectivity index (χ1n) is 8.11. The molecule has 0 aromatic carbocycles. The molecule has 8 heteroatoms. The van der Waals surface area contributed by atoms with Gasteiger partial charge in [0.15, 0.2) is 0 Å². The van der Waals surface area contributed by atoms with Crippen molar-refractivity contribution in [2.45, 2.75) is 25.9 Å². The van der Waals surface area contributed by atoms with E-state index in [1.807, 2.05) is 15.6 Å². The summed E-state index contributed by atoms with van der Waals surface area (Å²) in [6.07, 6.45) is 2.73. The lowest BCUT2D eigenvalue weighted by Gasteiger charge is -2.34. The number of rotatable bonds is 4. The molecule has 2 amide bonds. The first-order chi connectivity index (χ1) is 11.6. The zero-order valence-electron chi connectivity index (χ0n) is 13.4. The molecule has 1 N–H and O–H groups in total. The van der Waals surface area contributed by atoms with Gasteiger partial charge in [-0.05, 0) is 18.4 Å². The molecule has 126 valence electrons. The number of nitrogens with zero attached hydrogens (tertiary/aromatic N) is 4. The molecule has 7 nitrogen and oxygen atoms in total. The van der Waals surface area contributed by atoms with E-state index < -0.39 is 0 Å². The maximum atomic E-state index is 12.6. The summed E-state index contributed by atoms with van der Waals surface area (Å²) in [7, 11) is 0. The SMILES string of the molecule is C[C@@H]1C[C@H]1C(=O)N1Cc2ccnn2[C@H](CNC(=O)c2cscn2)C1. The van der Waals surface area contributed by atoms with Gasteiger partial charge in [0.05, 0.1) is 23.8 Å². The Morgan fingerprint density at radius 3 is 3.00 bits per heavy atom. The molecule has 24 heavy (non-hydrogen) atoms. The van der Waals surface area contributed by atoms with Crippen LogP contribution in [0.25, 0.3) is 0 Å². The van der Waals surface area contributed by atoms with Gasteiger partial charge in [0.25, 0.3) is 5.91 Å². The Hall–Kier alpha value is -2.22. The lowest BCUT2D eigenvalue weighted by atomic mass is 10.1. The Morgan fingerprint density at radius 1 is 1.46 bits per heavy atom. The van der Waals surface area contributed by atoms with Crippen molar-refractivity contribution >= 4 is 23.2 Å². The highest BCUT2D eigenvalue weighted by atomic mass is 32.1. The summed E-state index contributed by atoms with van der Waals surface area (Å²) in [5.41, 5.74) is 3.07. The maximum absolute atomic E-state index is 12.6. The van der Waals surface area contributed by atoms with E-state index in [0.717, 1.165) is 12.1 Å². The highest BCUT2D eigenvalue weighted by Crippen LogP contribution is 2.40. The quantitative estimate of drug-likeness (QED) is 0.906. The predicted molar refractivity (Wildman–Crippen MR) is 88.4 cm³/mol. The minimum atomic E-state index is -0.191. The van der Waals surface area contributed by atoms with E-state index in [9.17, 15) is 9.59 Å². The van der Waals surface area contributed by atoms with Crippen molar-refractivity contribution in [2.24, 2.45) is 11.8 Å². The number of nitrogens with one attached hydrogen (secondary N) is 1. The van der Waals surface area contributed by atoms with Crippen molar-refractivity contribution in [3.63, 3.8) is 0 Å². The fourth-order valence-corrected chi connectivity index (χ4v) is 3.76. The summed E-state index contributed by atoms with van der Waals surface area (Å²) in [6.45, 7) is 3.71. The highest BCUT2D eigenvalue weighted by Gasteiger charge is 2.43. The fourth-order valence-electron chi connectivity index (χ4n) is 3.23. The Labute approximate surface area is 143 Å². The molecule has 0 radical (unpaired) electrons. The third-order valence-electron chi connectivity index (χ3n) is 4.78. The third kappa shape index (κ3) is 2.82. The van der Waals surface area contributed by atoms with E-state index >= 15 is 0 Å². The summed E-state index contributed by atoms with van der Waals surface area (Å²) in [5, 5.41) is 8.99. The smallest absolute Gasteiger partial charge is 0.270 e. The van der Waals surface area contributed by atoms with Gasteiger partial charge in [-0.25, -0.2) is 4.98 Å². The lowest BCUT2D eigenvalue weighted by molar-refractivity contribution is -0.135. The van der Waals surface area contributed by atoms with Gasteiger partial charge in [0, 0.05) is 30.6 Å². The van der Waals surface area contributed by atoms with Crippen molar-refractivity contribution in [3.8, 4) is 0 Å². The largest absolute Gasteiger partial charge is 0.348 e. The molecule has 3 atom stereocenters. The number of thiazole rings is 1. The second-order valence-corrected chi connectivity index (χ2v) is 7.26. The van der Waals surface area contributed by atoms with Crippen LogP contribution in [-0.4, -0.2) is 44.6 Å². The first-order valence-corrected chi connectivity index (χ1v) is 9.05. The van der Waals surface area contributed by atoms with Crippen molar-refractivity contribution in [1.82, 2.24) is 25.0 Å². The van der Waals surface area contributed by atoms with Crippen LogP contribution in [0.3, 0.4) is 0 Å². The number of amides is 2. The van der Waals surface area contributed by atoms with Gasteiger partial charge < -0.3 is 10.2 Å². The van der Waals surface area contributed by atoms with Crippen LogP contribution in [-0.2, 0) is 11.3 Å². The molecule has 0 saturated heterocycles. The molecule has 3 heterocycles. The minimum Gasteiger partial charge on any atom is -0.348 e. The van der Waals surface area contributed by atoms with Crippen LogP contribution >= 0.6 is 11.3 Å². The van der Waals surface area contributed by atoms with E-state index in [2.05, 4.69) is 22.3 Å². The Kier molecular flexibility index (Phi) is 3.84. The summed E-state index contributed by atoms with van der Waals surface area (Å²) in [6, 6.07) is 1.88. The number of carbonyl (C=O) groups excluding carboxylic acids is 2. The van der Waals surface area contributed by atoms with Crippen LogP contribution in [0.2, 0.25) is 0 Å². The molecule has 2 aromatic heterocycles. The van der Waals surface area contributed by atoms with E-state index in [1.54, 1.807) is 17.1 Å². The normalized spacial score (nSPS) is 25.2. The van der Waals surface area contributed by atoms with Crippen LogP contribution in [0.15, 0.2) is 23.2 Å². The van der Waals surface area contributed by atoms with Crippen LogP contribution < -0.4 is 5.32 Å². The molecule has 0 spiro atoms. The molecule has 2 aromatic rings. The lowest BCUT2D eigenvalue weighted by Crippen LogP contribution is -2.45. The molecule has 4 rings (SSSR count). The number of aromatic nitrogens is 3. The van der Waals surface area contributed by atoms with Crippen molar-refractivity contribution in [3.05, 3.63) is 34.5 Å². The zero-order valence-corrected chi connectivity index (χ0v) is 14.2. The van der Waals surface area contributed by atoms with Gasteiger partial charge in [-0.1, -0.05) is 6.92 Å². The van der Waals surface area contributed by atoms with Gasteiger partial charge in [-0.3, -0.25) is 14.3 Å². The molecule has 1 fully saturated rings. The Balaban J connectivity index is 1.45. The van der Waals surface area contributed by atoms with E-state index in [1.165, 1.54) is 11.3 Å². The summed E-state index contributed by atoms with van der Waals surface area (Å²) in [4.78, 5) is 30.6. The molecule has 1 aliphatic heterocycles. The first kappa shape index (κ1) is 15.3. The summed E-state index contributed by atoms with van der Waals surface area (Å²) >= 11 is 1.39. The average Bonchev–Trinajstić information content (AvgIpc) is 3.03. The van der Waals surface area contributed by atoms with Gasteiger partial charge in [-0.2, -0.15) is 5.10 Å². The highest BCUT2D eigenvalue weighted by molar-refractivity contribution is 7.07. The van der Waals surface area contributed by atoms with E-state index in [0.29, 0.717) is 31.2 Å². The van der Waals surface area contributed by atoms with Gasteiger partial charge in [0.1, 0.15) is 5.69 Å². The monoisotopic (exact) mass is 345 g/mol. The Bertz CT molecular complexity index is 756.